The maximum atomic E-state index is 6.14. The van der Waals surface area contributed by atoms with E-state index in [1.807, 2.05) is 18.2 Å². The van der Waals surface area contributed by atoms with Crippen LogP contribution < -0.4 is 14.2 Å². The molecule has 31 heavy (non-hydrogen) atoms. The minimum Gasteiger partial charge on any atom is -0.492 e. The molecule has 0 aromatic heterocycles. The summed E-state index contributed by atoms with van der Waals surface area (Å²) in [7, 11) is 0. The van der Waals surface area contributed by atoms with E-state index >= 15 is 0 Å². The summed E-state index contributed by atoms with van der Waals surface area (Å²) in [6.07, 6.45) is 5.11. The van der Waals surface area contributed by atoms with Crippen LogP contribution in [0.5, 0.6) is 23.0 Å². The number of hydrogen-bond donors (Lipinski definition) is 0. The standard InChI is InChI=1S/C24H30Cl2N2O3/c25-21-7-5-20(17-22(21)26)31-23-8-6-19(29-15-13-27-9-1-2-10-27)18-24(23)30-16-14-28-11-3-4-12-28/h5-8,17-18H,1-4,9-16H2. The molecule has 0 atom stereocenters. The SMILES string of the molecule is Clc1ccc(Oc2ccc(OCCN3CCCC3)cc2OCCN2CCCC2)cc1Cl. The zero-order valence-electron chi connectivity index (χ0n) is 17.8. The molecule has 2 aliphatic rings. The van der Waals surface area contributed by atoms with Crippen LogP contribution in [0.15, 0.2) is 36.4 Å². The molecule has 0 radical (unpaired) electrons. The molecule has 2 aromatic rings. The van der Waals surface area contributed by atoms with E-state index in [2.05, 4.69) is 9.80 Å². The Hall–Kier alpha value is -1.66. The Morgan fingerprint density at radius 2 is 1.26 bits per heavy atom. The molecule has 2 saturated heterocycles. The molecule has 2 heterocycles. The van der Waals surface area contributed by atoms with Gasteiger partial charge in [0, 0.05) is 25.2 Å². The van der Waals surface area contributed by atoms with Crippen LogP contribution in [0.2, 0.25) is 10.0 Å². The van der Waals surface area contributed by atoms with Crippen LogP contribution in [0, 0.1) is 0 Å². The van der Waals surface area contributed by atoms with Gasteiger partial charge in [-0.3, -0.25) is 9.80 Å². The first kappa shape index (κ1) is 22.5. The number of halogens is 2. The highest BCUT2D eigenvalue weighted by atomic mass is 35.5. The molecule has 0 amide bonds. The van der Waals surface area contributed by atoms with E-state index in [-0.39, 0.29) is 0 Å². The van der Waals surface area contributed by atoms with Gasteiger partial charge in [-0.05, 0) is 76.1 Å². The average Bonchev–Trinajstić information content (AvgIpc) is 3.47. The molecule has 0 unspecified atom stereocenters. The Labute approximate surface area is 194 Å². The highest BCUT2D eigenvalue weighted by molar-refractivity contribution is 6.42. The van der Waals surface area contributed by atoms with Crippen LogP contribution in [0.3, 0.4) is 0 Å². The molecule has 0 aliphatic carbocycles. The van der Waals surface area contributed by atoms with Gasteiger partial charge in [-0.2, -0.15) is 0 Å². The molecule has 5 nitrogen and oxygen atoms in total. The predicted octanol–water partition coefficient (Wildman–Crippen LogP) is 5.73. The van der Waals surface area contributed by atoms with Crippen molar-refractivity contribution in [3.05, 3.63) is 46.4 Å². The molecule has 168 valence electrons. The molecule has 0 bridgehead atoms. The highest BCUT2D eigenvalue weighted by Crippen LogP contribution is 2.36. The van der Waals surface area contributed by atoms with Crippen molar-refractivity contribution in [2.75, 3.05) is 52.5 Å². The lowest BCUT2D eigenvalue weighted by molar-refractivity contribution is 0.226. The molecular formula is C24H30Cl2N2O3. The van der Waals surface area contributed by atoms with Crippen LogP contribution in [-0.2, 0) is 0 Å². The summed E-state index contributed by atoms with van der Waals surface area (Å²) in [5.74, 6) is 2.70. The Balaban J connectivity index is 1.41. The van der Waals surface area contributed by atoms with Gasteiger partial charge in [0.15, 0.2) is 11.5 Å². The second-order valence-electron chi connectivity index (χ2n) is 8.08. The third kappa shape index (κ3) is 6.66. The summed E-state index contributed by atoms with van der Waals surface area (Å²) < 4.78 is 18.2. The molecule has 2 fully saturated rings. The summed E-state index contributed by atoms with van der Waals surface area (Å²) in [4.78, 5) is 4.87. The quantitative estimate of drug-likeness (QED) is 0.448. The van der Waals surface area contributed by atoms with E-state index in [1.165, 1.54) is 38.8 Å². The van der Waals surface area contributed by atoms with E-state index < -0.39 is 0 Å². The third-order valence-corrected chi connectivity index (χ3v) is 6.51. The minimum absolute atomic E-state index is 0.456. The largest absolute Gasteiger partial charge is 0.492 e. The minimum atomic E-state index is 0.456. The lowest BCUT2D eigenvalue weighted by Crippen LogP contribution is -2.25. The fraction of sp³-hybridized carbons (Fsp3) is 0.500. The maximum absolute atomic E-state index is 6.14. The topological polar surface area (TPSA) is 34.2 Å². The van der Waals surface area contributed by atoms with Crippen molar-refractivity contribution in [2.24, 2.45) is 0 Å². The molecule has 0 saturated carbocycles. The normalized spacial score (nSPS) is 17.2. The number of hydrogen-bond acceptors (Lipinski definition) is 5. The van der Waals surface area contributed by atoms with E-state index in [1.54, 1.807) is 18.2 Å². The van der Waals surface area contributed by atoms with Crippen molar-refractivity contribution >= 4 is 23.2 Å². The summed E-state index contributed by atoms with van der Waals surface area (Å²) in [6.45, 7) is 7.77. The van der Waals surface area contributed by atoms with Gasteiger partial charge < -0.3 is 14.2 Å². The molecule has 0 spiro atoms. The Morgan fingerprint density at radius 3 is 1.90 bits per heavy atom. The van der Waals surface area contributed by atoms with Gasteiger partial charge in [0.2, 0.25) is 0 Å². The molecule has 0 N–H and O–H groups in total. The fourth-order valence-corrected chi connectivity index (χ4v) is 4.32. The summed E-state index contributed by atoms with van der Waals surface area (Å²) in [6, 6.07) is 11.0. The van der Waals surface area contributed by atoms with Crippen molar-refractivity contribution in [3.63, 3.8) is 0 Å². The van der Waals surface area contributed by atoms with Gasteiger partial charge in [0.25, 0.3) is 0 Å². The predicted molar refractivity (Wildman–Crippen MR) is 125 cm³/mol. The molecule has 4 rings (SSSR count). The lowest BCUT2D eigenvalue weighted by atomic mass is 10.3. The van der Waals surface area contributed by atoms with Gasteiger partial charge in [-0.25, -0.2) is 0 Å². The monoisotopic (exact) mass is 464 g/mol. The van der Waals surface area contributed by atoms with Gasteiger partial charge in [0.05, 0.1) is 10.0 Å². The van der Waals surface area contributed by atoms with Gasteiger partial charge >= 0.3 is 0 Å². The number of nitrogens with zero attached hydrogens (tertiary/aromatic N) is 2. The Bertz CT molecular complexity index is 853. The second-order valence-corrected chi connectivity index (χ2v) is 8.90. The summed E-state index contributed by atoms with van der Waals surface area (Å²) >= 11 is 12.2. The van der Waals surface area contributed by atoms with Gasteiger partial charge in [0.1, 0.15) is 24.7 Å². The fourth-order valence-electron chi connectivity index (χ4n) is 4.03. The number of benzene rings is 2. The number of ether oxygens (including phenoxy) is 3. The Kier molecular flexibility index (Phi) is 8.20. The molecular weight excluding hydrogens is 435 g/mol. The lowest BCUT2D eigenvalue weighted by Gasteiger charge is -2.18. The van der Waals surface area contributed by atoms with Crippen LogP contribution in [-0.4, -0.2) is 62.3 Å². The van der Waals surface area contributed by atoms with Crippen molar-refractivity contribution in [3.8, 4) is 23.0 Å². The summed E-state index contributed by atoms with van der Waals surface area (Å²) in [5.41, 5.74) is 0. The van der Waals surface area contributed by atoms with Crippen LogP contribution in [0.25, 0.3) is 0 Å². The Morgan fingerprint density at radius 1 is 0.645 bits per heavy atom. The van der Waals surface area contributed by atoms with Crippen molar-refractivity contribution < 1.29 is 14.2 Å². The molecule has 2 aliphatic heterocycles. The van der Waals surface area contributed by atoms with Gasteiger partial charge in [-0.15, -0.1) is 0 Å². The molecule has 2 aromatic carbocycles. The van der Waals surface area contributed by atoms with Crippen molar-refractivity contribution in [1.82, 2.24) is 9.80 Å². The van der Waals surface area contributed by atoms with Gasteiger partial charge in [-0.1, -0.05) is 23.2 Å². The third-order valence-electron chi connectivity index (χ3n) is 5.77. The van der Waals surface area contributed by atoms with Crippen LogP contribution in [0.4, 0.5) is 0 Å². The first-order chi connectivity index (χ1) is 15.2. The second kappa shape index (κ2) is 11.3. The number of likely N-dealkylation sites (tertiary alicyclic amines) is 2. The highest BCUT2D eigenvalue weighted by Gasteiger charge is 2.15. The zero-order valence-corrected chi connectivity index (χ0v) is 19.3. The van der Waals surface area contributed by atoms with E-state index in [0.717, 1.165) is 31.9 Å². The number of rotatable bonds is 10. The zero-order chi connectivity index (χ0) is 21.5. The van der Waals surface area contributed by atoms with Crippen LogP contribution >= 0.6 is 23.2 Å². The molecule has 7 heteroatoms. The smallest absolute Gasteiger partial charge is 0.169 e. The summed E-state index contributed by atoms with van der Waals surface area (Å²) in [5, 5.41) is 0.954. The first-order valence-corrected chi connectivity index (χ1v) is 11.9. The van der Waals surface area contributed by atoms with E-state index in [9.17, 15) is 0 Å². The van der Waals surface area contributed by atoms with E-state index in [4.69, 9.17) is 37.4 Å². The van der Waals surface area contributed by atoms with E-state index in [0.29, 0.717) is 40.5 Å². The van der Waals surface area contributed by atoms with Crippen LogP contribution in [0.1, 0.15) is 25.7 Å². The van der Waals surface area contributed by atoms with Crippen molar-refractivity contribution in [1.29, 1.82) is 0 Å². The maximum Gasteiger partial charge on any atom is 0.169 e. The average molecular weight is 465 g/mol. The van der Waals surface area contributed by atoms with Crippen molar-refractivity contribution in [2.45, 2.75) is 25.7 Å². The first-order valence-electron chi connectivity index (χ1n) is 11.1.